The monoisotopic (exact) mass is 327 g/mol. The van der Waals surface area contributed by atoms with Crippen LogP contribution in [0.2, 0.25) is 0 Å². The lowest BCUT2D eigenvalue weighted by Gasteiger charge is -2.04. The van der Waals surface area contributed by atoms with Gasteiger partial charge in [-0.05, 0) is 28.1 Å². The standard InChI is InChI=1S/C10H10BrN5OS/c11-8-2-1-6(18-8)3-14-10(17)7-4-13-5-9(15-7)16-12/h1-2,4-5H,3,12H2,(H,14,17)(H,15,16). The van der Waals surface area contributed by atoms with Gasteiger partial charge in [0.1, 0.15) is 5.69 Å². The first-order chi connectivity index (χ1) is 8.69. The Morgan fingerprint density at radius 3 is 2.94 bits per heavy atom. The molecule has 0 saturated heterocycles. The first-order valence-electron chi connectivity index (χ1n) is 5.00. The van der Waals surface area contributed by atoms with Crippen molar-refractivity contribution in [3.63, 3.8) is 0 Å². The number of nitrogens with two attached hydrogens (primary N) is 1. The molecule has 0 saturated carbocycles. The maximum atomic E-state index is 11.8. The quantitative estimate of drug-likeness (QED) is 0.584. The molecule has 0 bridgehead atoms. The van der Waals surface area contributed by atoms with Gasteiger partial charge in [0.05, 0.1) is 22.7 Å². The number of hydrazine groups is 1. The van der Waals surface area contributed by atoms with Crippen LogP contribution in [0, 0.1) is 0 Å². The van der Waals surface area contributed by atoms with Crippen molar-refractivity contribution in [2.45, 2.75) is 6.54 Å². The minimum atomic E-state index is -0.288. The minimum absolute atomic E-state index is 0.223. The second-order valence-electron chi connectivity index (χ2n) is 3.32. The molecule has 18 heavy (non-hydrogen) atoms. The summed E-state index contributed by atoms with van der Waals surface area (Å²) in [5, 5.41) is 2.76. The van der Waals surface area contributed by atoms with Gasteiger partial charge in [-0.15, -0.1) is 11.3 Å². The second-order valence-corrected chi connectivity index (χ2v) is 5.87. The molecule has 0 atom stereocenters. The molecular weight excluding hydrogens is 318 g/mol. The topological polar surface area (TPSA) is 92.9 Å². The fourth-order valence-corrected chi connectivity index (χ4v) is 2.67. The van der Waals surface area contributed by atoms with Crippen LogP contribution in [0.4, 0.5) is 5.82 Å². The van der Waals surface area contributed by atoms with Crippen LogP contribution >= 0.6 is 27.3 Å². The van der Waals surface area contributed by atoms with Crippen LogP contribution in [-0.4, -0.2) is 15.9 Å². The van der Waals surface area contributed by atoms with E-state index in [2.05, 4.69) is 36.6 Å². The highest BCUT2D eigenvalue weighted by atomic mass is 79.9. The number of carbonyl (C=O) groups excluding carboxylic acids is 1. The fraction of sp³-hybridized carbons (Fsp3) is 0.100. The minimum Gasteiger partial charge on any atom is -0.346 e. The molecule has 1 amide bonds. The Hall–Kier alpha value is -1.51. The van der Waals surface area contributed by atoms with Crippen LogP contribution in [-0.2, 0) is 6.54 Å². The van der Waals surface area contributed by atoms with Crippen LogP contribution in [0.15, 0.2) is 28.3 Å². The van der Waals surface area contributed by atoms with Crippen LogP contribution in [0.1, 0.15) is 15.4 Å². The van der Waals surface area contributed by atoms with Crippen molar-refractivity contribution in [3.8, 4) is 0 Å². The lowest BCUT2D eigenvalue weighted by Crippen LogP contribution is -2.24. The Kier molecular flexibility index (Phi) is 4.24. The summed E-state index contributed by atoms with van der Waals surface area (Å²) in [5.41, 5.74) is 2.56. The van der Waals surface area contributed by atoms with Gasteiger partial charge in [-0.1, -0.05) is 0 Å². The number of thiophene rings is 1. The summed E-state index contributed by atoms with van der Waals surface area (Å²) in [6, 6.07) is 3.88. The third-order valence-corrected chi connectivity index (χ3v) is 3.69. The van der Waals surface area contributed by atoms with Crippen LogP contribution in [0.3, 0.4) is 0 Å². The second kappa shape index (κ2) is 5.89. The zero-order valence-electron chi connectivity index (χ0n) is 9.18. The van der Waals surface area contributed by atoms with Gasteiger partial charge in [-0.3, -0.25) is 9.78 Å². The summed E-state index contributed by atoms with van der Waals surface area (Å²) in [7, 11) is 0. The van der Waals surface area contributed by atoms with E-state index in [1.165, 1.54) is 12.4 Å². The number of nitrogen functional groups attached to an aromatic ring is 1. The average molecular weight is 328 g/mol. The number of amides is 1. The van der Waals surface area contributed by atoms with Crippen molar-refractivity contribution in [1.82, 2.24) is 15.3 Å². The molecule has 2 aromatic heterocycles. The lowest BCUT2D eigenvalue weighted by molar-refractivity contribution is 0.0946. The number of nitrogens with one attached hydrogen (secondary N) is 2. The zero-order valence-corrected chi connectivity index (χ0v) is 11.6. The van der Waals surface area contributed by atoms with Gasteiger partial charge in [0.25, 0.3) is 5.91 Å². The maximum Gasteiger partial charge on any atom is 0.271 e. The smallest absolute Gasteiger partial charge is 0.271 e. The Morgan fingerprint density at radius 1 is 1.44 bits per heavy atom. The number of nitrogens with zero attached hydrogens (tertiary/aromatic N) is 2. The molecule has 94 valence electrons. The molecule has 0 aliphatic carbocycles. The molecule has 0 fully saturated rings. The molecule has 8 heteroatoms. The third-order valence-electron chi connectivity index (χ3n) is 2.07. The van der Waals surface area contributed by atoms with E-state index in [1.54, 1.807) is 11.3 Å². The summed E-state index contributed by atoms with van der Waals surface area (Å²) in [6.45, 7) is 0.455. The molecule has 4 N–H and O–H groups in total. The number of hydrogen-bond acceptors (Lipinski definition) is 6. The van der Waals surface area contributed by atoms with Gasteiger partial charge >= 0.3 is 0 Å². The van der Waals surface area contributed by atoms with E-state index in [9.17, 15) is 4.79 Å². The average Bonchev–Trinajstić information content (AvgIpc) is 2.82. The Labute approximate surface area is 116 Å². The van der Waals surface area contributed by atoms with Gasteiger partial charge in [0, 0.05) is 4.88 Å². The number of anilines is 1. The summed E-state index contributed by atoms with van der Waals surface area (Å²) in [4.78, 5) is 20.7. The largest absolute Gasteiger partial charge is 0.346 e. The molecule has 2 heterocycles. The first kappa shape index (κ1) is 12.9. The Bertz CT molecular complexity index is 559. The molecular formula is C10H10BrN5OS. The van der Waals surface area contributed by atoms with E-state index in [1.807, 2.05) is 12.1 Å². The number of carbonyl (C=O) groups is 1. The van der Waals surface area contributed by atoms with E-state index < -0.39 is 0 Å². The van der Waals surface area contributed by atoms with Crippen molar-refractivity contribution in [1.29, 1.82) is 0 Å². The highest BCUT2D eigenvalue weighted by Crippen LogP contribution is 2.21. The molecule has 0 aliphatic rings. The molecule has 0 aliphatic heterocycles. The number of halogens is 1. The third kappa shape index (κ3) is 3.25. The van der Waals surface area contributed by atoms with Gasteiger partial charge < -0.3 is 10.7 Å². The van der Waals surface area contributed by atoms with Gasteiger partial charge in [-0.25, -0.2) is 10.8 Å². The summed E-state index contributed by atoms with van der Waals surface area (Å²) < 4.78 is 1.03. The van der Waals surface area contributed by atoms with Crippen LogP contribution in [0.25, 0.3) is 0 Å². The van der Waals surface area contributed by atoms with E-state index in [4.69, 9.17) is 5.84 Å². The van der Waals surface area contributed by atoms with Gasteiger partial charge in [0.15, 0.2) is 5.82 Å². The normalized spacial score (nSPS) is 10.1. The molecule has 2 aromatic rings. The Balaban J connectivity index is 1.99. The van der Waals surface area contributed by atoms with E-state index in [0.29, 0.717) is 12.4 Å². The number of rotatable bonds is 4. The molecule has 0 radical (unpaired) electrons. The predicted octanol–water partition coefficient (Wildman–Crippen LogP) is 1.52. The first-order valence-corrected chi connectivity index (χ1v) is 6.61. The van der Waals surface area contributed by atoms with E-state index in [0.717, 1.165) is 8.66 Å². The van der Waals surface area contributed by atoms with Crippen molar-refractivity contribution < 1.29 is 4.79 Å². The summed E-state index contributed by atoms with van der Waals surface area (Å²) in [6.07, 6.45) is 2.83. The Morgan fingerprint density at radius 2 is 2.28 bits per heavy atom. The molecule has 0 unspecified atom stereocenters. The summed E-state index contributed by atoms with van der Waals surface area (Å²) >= 11 is 4.93. The van der Waals surface area contributed by atoms with Gasteiger partial charge in [0.2, 0.25) is 0 Å². The number of hydrogen-bond donors (Lipinski definition) is 3. The predicted molar refractivity (Wildman–Crippen MR) is 73.0 cm³/mol. The highest BCUT2D eigenvalue weighted by molar-refractivity contribution is 9.11. The summed E-state index contributed by atoms with van der Waals surface area (Å²) in [5.74, 6) is 5.26. The van der Waals surface area contributed by atoms with E-state index in [-0.39, 0.29) is 11.6 Å². The molecule has 0 spiro atoms. The van der Waals surface area contributed by atoms with E-state index >= 15 is 0 Å². The van der Waals surface area contributed by atoms with Gasteiger partial charge in [-0.2, -0.15) is 0 Å². The van der Waals surface area contributed by atoms with Crippen LogP contribution in [0.5, 0.6) is 0 Å². The molecule has 6 nitrogen and oxygen atoms in total. The highest BCUT2D eigenvalue weighted by Gasteiger charge is 2.08. The van der Waals surface area contributed by atoms with Crippen molar-refractivity contribution >= 4 is 39.0 Å². The maximum absolute atomic E-state index is 11.8. The van der Waals surface area contributed by atoms with Crippen molar-refractivity contribution in [3.05, 3.63) is 38.9 Å². The van der Waals surface area contributed by atoms with Crippen molar-refractivity contribution in [2.24, 2.45) is 5.84 Å². The van der Waals surface area contributed by atoms with Crippen molar-refractivity contribution in [2.75, 3.05) is 5.43 Å². The molecule has 0 aromatic carbocycles. The van der Waals surface area contributed by atoms with Crippen LogP contribution < -0.4 is 16.6 Å². The SMILES string of the molecule is NNc1cncc(C(=O)NCc2ccc(Br)s2)n1. The molecule has 2 rings (SSSR count). The number of aromatic nitrogens is 2. The fourth-order valence-electron chi connectivity index (χ4n) is 1.25. The zero-order chi connectivity index (χ0) is 13.0. The lowest BCUT2D eigenvalue weighted by atomic mass is 10.4.